The van der Waals surface area contributed by atoms with E-state index in [4.69, 9.17) is 4.74 Å². The van der Waals surface area contributed by atoms with Gasteiger partial charge in [-0.2, -0.15) is 0 Å². The lowest BCUT2D eigenvalue weighted by Gasteiger charge is -2.13. The molecule has 0 unspecified atom stereocenters. The van der Waals surface area contributed by atoms with Crippen LogP contribution in [0.5, 0.6) is 5.75 Å². The maximum absolute atomic E-state index is 12.0. The minimum atomic E-state index is 0.0952. The highest BCUT2D eigenvalue weighted by Gasteiger charge is 2.14. The SMILES string of the molecule is CCc1cc(SC)c(C(=O)CNC)cc1OC. The van der Waals surface area contributed by atoms with E-state index in [1.54, 1.807) is 25.9 Å². The highest BCUT2D eigenvalue weighted by atomic mass is 32.2. The number of ether oxygens (including phenoxy) is 1. The fourth-order valence-electron chi connectivity index (χ4n) is 1.71. The van der Waals surface area contributed by atoms with Crippen LogP contribution in [0.1, 0.15) is 22.8 Å². The predicted molar refractivity (Wildman–Crippen MR) is 72.4 cm³/mol. The predicted octanol–water partition coefficient (Wildman–Crippen LogP) is 2.38. The second-order valence-electron chi connectivity index (χ2n) is 3.67. The Kier molecular flexibility index (Phi) is 5.51. The summed E-state index contributed by atoms with van der Waals surface area (Å²) in [7, 11) is 3.41. The zero-order valence-corrected chi connectivity index (χ0v) is 11.6. The number of Topliss-reactive ketones (excluding diaryl/α,β-unsaturated/α-hetero) is 1. The van der Waals surface area contributed by atoms with Crippen LogP contribution in [0, 0.1) is 0 Å². The van der Waals surface area contributed by atoms with Crippen LogP contribution in [0.2, 0.25) is 0 Å². The largest absolute Gasteiger partial charge is 0.496 e. The lowest BCUT2D eigenvalue weighted by atomic mass is 10.0. The maximum atomic E-state index is 12.0. The molecule has 0 aliphatic rings. The van der Waals surface area contributed by atoms with E-state index >= 15 is 0 Å². The van der Waals surface area contributed by atoms with E-state index in [0.717, 1.165) is 28.2 Å². The Hall–Kier alpha value is -1.00. The highest BCUT2D eigenvalue weighted by Crippen LogP contribution is 2.29. The van der Waals surface area contributed by atoms with Gasteiger partial charge < -0.3 is 10.1 Å². The number of carbonyl (C=O) groups excluding carboxylic acids is 1. The van der Waals surface area contributed by atoms with Gasteiger partial charge in [-0.3, -0.25) is 4.79 Å². The molecular weight excluding hydrogens is 234 g/mol. The Bertz CT molecular complexity index is 405. The average Bonchev–Trinajstić information content (AvgIpc) is 2.37. The van der Waals surface area contributed by atoms with Crippen molar-refractivity contribution in [3.8, 4) is 5.75 Å². The summed E-state index contributed by atoms with van der Waals surface area (Å²) in [4.78, 5) is 13.0. The Balaban J connectivity index is 3.23. The summed E-state index contributed by atoms with van der Waals surface area (Å²) >= 11 is 1.59. The van der Waals surface area contributed by atoms with E-state index in [2.05, 4.69) is 12.2 Å². The van der Waals surface area contributed by atoms with E-state index in [1.165, 1.54) is 0 Å². The number of hydrogen-bond donors (Lipinski definition) is 1. The summed E-state index contributed by atoms with van der Waals surface area (Å²) in [5, 5.41) is 2.88. The van der Waals surface area contributed by atoms with E-state index in [0.29, 0.717) is 6.54 Å². The lowest BCUT2D eigenvalue weighted by molar-refractivity contribution is 0.0990. The summed E-state index contributed by atoms with van der Waals surface area (Å²) in [6, 6.07) is 3.90. The van der Waals surface area contributed by atoms with Crippen LogP contribution in [0.4, 0.5) is 0 Å². The molecule has 0 aliphatic heterocycles. The van der Waals surface area contributed by atoms with Gasteiger partial charge >= 0.3 is 0 Å². The molecule has 0 heterocycles. The number of carbonyl (C=O) groups is 1. The van der Waals surface area contributed by atoms with Gasteiger partial charge in [-0.05, 0) is 37.4 Å². The van der Waals surface area contributed by atoms with Crippen LogP contribution in [0.15, 0.2) is 17.0 Å². The molecule has 1 aromatic carbocycles. The summed E-state index contributed by atoms with van der Waals surface area (Å²) in [5.41, 5.74) is 1.87. The summed E-state index contributed by atoms with van der Waals surface area (Å²) in [5.74, 6) is 0.891. The monoisotopic (exact) mass is 253 g/mol. The van der Waals surface area contributed by atoms with Gasteiger partial charge in [-0.25, -0.2) is 0 Å². The molecule has 1 rings (SSSR count). The lowest BCUT2D eigenvalue weighted by Crippen LogP contribution is -2.19. The van der Waals surface area contributed by atoms with Gasteiger partial charge in [-0.15, -0.1) is 11.8 Å². The fraction of sp³-hybridized carbons (Fsp3) is 0.462. The third kappa shape index (κ3) is 3.23. The molecule has 3 nitrogen and oxygen atoms in total. The third-order valence-electron chi connectivity index (χ3n) is 2.62. The number of benzene rings is 1. The molecule has 1 N–H and O–H groups in total. The van der Waals surface area contributed by atoms with E-state index in [9.17, 15) is 4.79 Å². The fourth-order valence-corrected chi connectivity index (χ4v) is 2.36. The maximum Gasteiger partial charge on any atom is 0.177 e. The minimum Gasteiger partial charge on any atom is -0.496 e. The van der Waals surface area contributed by atoms with Gasteiger partial charge in [0.2, 0.25) is 0 Å². The molecule has 0 aromatic heterocycles. The van der Waals surface area contributed by atoms with Crippen LogP contribution in [0.3, 0.4) is 0 Å². The third-order valence-corrected chi connectivity index (χ3v) is 3.40. The number of nitrogens with one attached hydrogen (secondary N) is 1. The first-order valence-electron chi connectivity index (χ1n) is 5.60. The molecule has 0 amide bonds. The molecular formula is C13H19NO2S. The molecule has 0 bridgehead atoms. The van der Waals surface area contributed by atoms with Gasteiger partial charge in [0.15, 0.2) is 5.78 Å². The Morgan fingerprint density at radius 3 is 2.65 bits per heavy atom. The molecule has 1 aromatic rings. The molecule has 0 saturated carbocycles. The van der Waals surface area contributed by atoms with Crippen molar-refractivity contribution >= 4 is 17.5 Å². The van der Waals surface area contributed by atoms with Crippen LogP contribution < -0.4 is 10.1 Å². The van der Waals surface area contributed by atoms with Crippen molar-refractivity contribution in [2.75, 3.05) is 27.0 Å². The van der Waals surface area contributed by atoms with Gasteiger partial charge in [-0.1, -0.05) is 6.92 Å². The first-order valence-corrected chi connectivity index (χ1v) is 6.83. The van der Waals surface area contributed by atoms with E-state index in [-0.39, 0.29) is 5.78 Å². The average molecular weight is 253 g/mol. The quantitative estimate of drug-likeness (QED) is 0.624. The van der Waals surface area contributed by atoms with Crippen molar-refractivity contribution in [3.05, 3.63) is 23.3 Å². The number of ketones is 1. The molecule has 0 atom stereocenters. The van der Waals surface area contributed by atoms with E-state index in [1.807, 2.05) is 18.4 Å². The number of methoxy groups -OCH3 is 1. The number of likely N-dealkylation sites (N-methyl/N-ethyl adjacent to an activating group) is 1. The van der Waals surface area contributed by atoms with Crippen LogP contribution in [-0.4, -0.2) is 32.7 Å². The van der Waals surface area contributed by atoms with Crippen molar-refractivity contribution in [1.29, 1.82) is 0 Å². The zero-order chi connectivity index (χ0) is 12.8. The molecule has 0 radical (unpaired) electrons. The highest BCUT2D eigenvalue weighted by molar-refractivity contribution is 7.98. The number of thioether (sulfide) groups is 1. The number of hydrogen-bond acceptors (Lipinski definition) is 4. The minimum absolute atomic E-state index is 0.0952. The summed E-state index contributed by atoms with van der Waals surface area (Å²) in [6.07, 6.45) is 2.88. The molecule has 0 spiro atoms. The first kappa shape index (κ1) is 14.1. The molecule has 17 heavy (non-hydrogen) atoms. The van der Waals surface area contributed by atoms with Crippen molar-refractivity contribution in [1.82, 2.24) is 5.32 Å². The van der Waals surface area contributed by atoms with Crippen molar-refractivity contribution in [2.45, 2.75) is 18.2 Å². The van der Waals surface area contributed by atoms with Crippen LogP contribution in [0.25, 0.3) is 0 Å². The number of rotatable bonds is 6. The summed E-state index contributed by atoms with van der Waals surface area (Å²) < 4.78 is 5.32. The molecule has 0 aliphatic carbocycles. The van der Waals surface area contributed by atoms with Gasteiger partial charge in [0, 0.05) is 10.5 Å². The van der Waals surface area contributed by atoms with Gasteiger partial charge in [0.25, 0.3) is 0 Å². The molecule has 0 saturated heterocycles. The zero-order valence-electron chi connectivity index (χ0n) is 10.8. The standard InChI is InChI=1S/C13H19NO2S/c1-5-9-6-13(17-4)10(7-12(9)16-3)11(15)8-14-2/h6-7,14H,5,8H2,1-4H3. The van der Waals surface area contributed by atoms with Gasteiger partial charge in [0.1, 0.15) is 5.75 Å². The normalized spacial score (nSPS) is 10.4. The van der Waals surface area contributed by atoms with Crippen LogP contribution >= 0.6 is 11.8 Å². The van der Waals surface area contributed by atoms with Gasteiger partial charge in [0.05, 0.1) is 13.7 Å². The summed E-state index contributed by atoms with van der Waals surface area (Å²) in [6.45, 7) is 2.43. The van der Waals surface area contributed by atoms with E-state index < -0.39 is 0 Å². The smallest absolute Gasteiger partial charge is 0.177 e. The Morgan fingerprint density at radius 1 is 1.47 bits per heavy atom. The van der Waals surface area contributed by atoms with Crippen LogP contribution in [-0.2, 0) is 6.42 Å². The van der Waals surface area contributed by atoms with Crippen molar-refractivity contribution in [2.24, 2.45) is 0 Å². The van der Waals surface area contributed by atoms with Crippen molar-refractivity contribution in [3.63, 3.8) is 0 Å². The first-order chi connectivity index (χ1) is 8.17. The number of aryl methyl sites for hydroxylation is 1. The topological polar surface area (TPSA) is 38.3 Å². The van der Waals surface area contributed by atoms with Crippen molar-refractivity contribution < 1.29 is 9.53 Å². The second kappa shape index (κ2) is 6.67. The molecule has 4 heteroatoms. The Morgan fingerprint density at radius 2 is 2.18 bits per heavy atom. The molecule has 0 fully saturated rings. The second-order valence-corrected chi connectivity index (χ2v) is 4.52. The molecule has 94 valence electrons. The Labute approximate surface area is 107 Å².